The molecule has 9 N–H and O–H groups in total. The Bertz CT molecular complexity index is 3380. The van der Waals surface area contributed by atoms with E-state index in [9.17, 15) is 23.2 Å². The van der Waals surface area contributed by atoms with Crippen LogP contribution in [0.15, 0.2) is 91.4 Å². The summed E-state index contributed by atoms with van der Waals surface area (Å²) >= 11 is 0. The molecule has 0 aliphatic carbocycles. The molecule has 9 aromatic rings. The lowest BCUT2D eigenvalue weighted by molar-refractivity contribution is 0.0937. The fourth-order valence-electron chi connectivity index (χ4n) is 8.47. The first-order valence-electron chi connectivity index (χ1n) is 23.5. The number of nitrogens with zero attached hydrogens (tertiary/aromatic N) is 6. The summed E-state index contributed by atoms with van der Waals surface area (Å²) in [6.45, 7) is 14.1. The van der Waals surface area contributed by atoms with Gasteiger partial charge in [-0.1, -0.05) is 36.4 Å². The maximum Gasteiger partial charge on any atom is 0.253 e. The van der Waals surface area contributed by atoms with Gasteiger partial charge in [-0.2, -0.15) is 8.78 Å². The van der Waals surface area contributed by atoms with E-state index < -0.39 is 11.9 Å². The van der Waals surface area contributed by atoms with E-state index in [1.807, 2.05) is 69.3 Å². The molecule has 0 atom stereocenters. The van der Waals surface area contributed by atoms with Crippen molar-refractivity contribution in [3.8, 4) is 33.8 Å². The van der Waals surface area contributed by atoms with Crippen LogP contribution in [0.1, 0.15) is 89.7 Å². The summed E-state index contributed by atoms with van der Waals surface area (Å²) < 4.78 is 26.7. The van der Waals surface area contributed by atoms with Gasteiger partial charge in [0, 0.05) is 101 Å². The Morgan fingerprint density at radius 2 is 0.833 bits per heavy atom. The number of aromatic amines is 3. The molecule has 0 spiro atoms. The van der Waals surface area contributed by atoms with E-state index in [-0.39, 0.29) is 28.8 Å². The average Bonchev–Trinajstić information content (AvgIpc) is 4.10. The van der Waals surface area contributed by atoms with Crippen LogP contribution in [0.3, 0.4) is 0 Å². The van der Waals surface area contributed by atoms with Crippen LogP contribution in [0.4, 0.5) is 14.6 Å². The number of anilines is 1. The van der Waals surface area contributed by atoms with Gasteiger partial charge in [-0.25, -0.2) is 24.9 Å². The molecule has 0 fully saturated rings. The Hall–Kier alpha value is -8.45. The molecule has 3 aromatic carbocycles. The van der Waals surface area contributed by atoms with Crippen LogP contribution in [0.5, 0.6) is 0 Å². The number of hydrogen-bond donors (Lipinski definition) is 8. The molecule has 9 heterocycles. The molecular weight excluding hydrogens is 919 g/mol. The zero-order valence-corrected chi connectivity index (χ0v) is 40.6. The first-order valence-corrected chi connectivity index (χ1v) is 23.5. The van der Waals surface area contributed by atoms with Crippen molar-refractivity contribution in [3.63, 3.8) is 0 Å². The molecule has 0 bridgehead atoms. The summed E-state index contributed by atoms with van der Waals surface area (Å²) in [5.74, 6) is -0.702. The number of carbonyl (C=O) groups is 3. The summed E-state index contributed by atoms with van der Waals surface area (Å²) in [6, 6.07) is 22.3. The van der Waals surface area contributed by atoms with Gasteiger partial charge >= 0.3 is 0 Å². The summed E-state index contributed by atoms with van der Waals surface area (Å²) in [6.07, 6.45) is 6.27. The number of hydrogen-bond acceptors (Lipinski definition) is 11. The van der Waals surface area contributed by atoms with Crippen molar-refractivity contribution in [1.29, 1.82) is 0 Å². The van der Waals surface area contributed by atoms with Crippen LogP contribution >= 0.6 is 0 Å². The molecule has 3 aliphatic rings. The van der Waals surface area contributed by atoms with Crippen molar-refractivity contribution >= 4 is 56.6 Å². The molecular formula is C53H54F2N14O3. The minimum atomic E-state index is -0.621. The second-order valence-corrected chi connectivity index (χ2v) is 19.6. The third kappa shape index (κ3) is 11.0. The predicted molar refractivity (Wildman–Crippen MR) is 273 cm³/mol. The maximum absolute atomic E-state index is 13.4. The monoisotopic (exact) mass is 972 g/mol. The molecule has 17 nitrogen and oxygen atoms in total. The smallest absolute Gasteiger partial charge is 0.253 e. The lowest BCUT2D eigenvalue weighted by Gasteiger charge is -2.21. The minimum absolute atomic E-state index is 0. The topological polar surface area (TPSA) is 250 Å². The normalized spacial score (nSPS) is 14.0. The van der Waals surface area contributed by atoms with Gasteiger partial charge < -0.3 is 42.0 Å². The summed E-state index contributed by atoms with van der Waals surface area (Å²) in [5, 5.41) is 11.8. The van der Waals surface area contributed by atoms with Crippen LogP contribution < -0.4 is 27.0 Å². The number of para-hydroxylation sites is 3. The highest BCUT2D eigenvalue weighted by molar-refractivity contribution is 6.01. The zero-order valence-electron chi connectivity index (χ0n) is 40.6. The number of carbonyl (C=O) groups excluding carboxylic acids is 3. The Kier molecular flexibility index (Phi) is 13.3. The SMILES string of the molecule is CC(C)(C)N.CC(C)(C)Nc1cnc2cccc(-c3cc4c([nH]3)CCNC4=O)c2n1.O=C1NCCc2[nH]c(-c3cccc4ncc(F)nc34)cc21.O=C1NCCc2[nH]c(-c3cccc4ncc(F)nc34)cc21. The Morgan fingerprint density at radius 1 is 0.500 bits per heavy atom. The number of fused-ring (bicyclic) bond motifs is 6. The van der Waals surface area contributed by atoms with Gasteiger partial charge in [-0.05, 0) is 77.9 Å². The number of nitrogens with one attached hydrogen (secondary N) is 7. The van der Waals surface area contributed by atoms with Crippen LogP contribution in [-0.2, 0) is 19.3 Å². The Morgan fingerprint density at radius 3 is 1.17 bits per heavy atom. The van der Waals surface area contributed by atoms with E-state index >= 15 is 0 Å². The van der Waals surface area contributed by atoms with Crippen LogP contribution in [0.25, 0.3) is 66.9 Å². The van der Waals surface area contributed by atoms with Gasteiger partial charge in [0.1, 0.15) is 22.4 Å². The van der Waals surface area contributed by atoms with Gasteiger partial charge in [-0.3, -0.25) is 19.4 Å². The minimum Gasteiger partial charge on any atom is -0.364 e. The maximum atomic E-state index is 13.4. The van der Waals surface area contributed by atoms with Gasteiger partial charge in [0.25, 0.3) is 17.7 Å². The Labute approximate surface area is 412 Å². The van der Waals surface area contributed by atoms with Crippen molar-refractivity contribution in [2.45, 2.75) is 71.9 Å². The molecule has 72 heavy (non-hydrogen) atoms. The van der Waals surface area contributed by atoms with Gasteiger partial charge in [0.2, 0.25) is 11.9 Å². The fourth-order valence-corrected chi connectivity index (χ4v) is 8.47. The van der Waals surface area contributed by atoms with E-state index in [2.05, 4.69) is 81.9 Å². The quantitative estimate of drug-likeness (QED) is 0.0840. The molecule has 19 heteroatoms. The highest BCUT2D eigenvalue weighted by Gasteiger charge is 2.24. The summed E-state index contributed by atoms with van der Waals surface area (Å²) in [7, 11) is 0. The summed E-state index contributed by atoms with van der Waals surface area (Å²) in [5.41, 5.74) is 18.7. The van der Waals surface area contributed by atoms with Crippen molar-refractivity contribution < 1.29 is 23.2 Å². The van der Waals surface area contributed by atoms with Crippen LogP contribution in [-0.4, -0.2) is 93.3 Å². The second kappa shape index (κ2) is 19.7. The number of amides is 3. The molecule has 0 radical (unpaired) electrons. The van der Waals surface area contributed by atoms with E-state index in [1.165, 1.54) is 0 Å². The van der Waals surface area contributed by atoms with Crippen molar-refractivity contribution in [2.75, 3.05) is 25.0 Å². The van der Waals surface area contributed by atoms with Crippen molar-refractivity contribution in [2.24, 2.45) is 5.73 Å². The predicted octanol–water partition coefficient (Wildman–Crippen LogP) is 7.96. The van der Waals surface area contributed by atoms with Crippen molar-refractivity contribution in [3.05, 3.63) is 137 Å². The van der Waals surface area contributed by atoms with E-state index in [4.69, 9.17) is 10.7 Å². The molecule has 3 aliphatic heterocycles. The third-order valence-corrected chi connectivity index (χ3v) is 11.4. The second-order valence-electron chi connectivity index (χ2n) is 19.6. The number of nitrogens with two attached hydrogens (primary N) is 1. The third-order valence-electron chi connectivity index (χ3n) is 11.4. The number of rotatable bonds is 4. The largest absolute Gasteiger partial charge is 0.364 e. The standard InChI is InChI=1S/C19H21N5O.2C15H11FN4O.C4H11N/c1-19(2,3)24-16-10-21-14-6-4-5-11(17(14)23-16)15-9-12-13(22-15)7-8-20-18(12)25;2*16-13-7-18-11-3-1-2-8(14(11)20-13)12-6-9-10(19-12)4-5-17-15(9)21;1-4(2,3)5/h4-6,9-10,22H,7-8H2,1-3H3,(H,20,25)(H,23,24);2*1-3,6-7,19H,4-5H2,(H,17,21);5H2,1-3H3. The van der Waals surface area contributed by atoms with Gasteiger partial charge in [-0.15, -0.1) is 0 Å². The van der Waals surface area contributed by atoms with E-state index in [0.29, 0.717) is 52.8 Å². The first kappa shape index (κ1) is 48.6. The van der Waals surface area contributed by atoms with E-state index in [1.54, 1.807) is 30.5 Å². The van der Waals surface area contributed by atoms with Crippen LogP contribution in [0, 0.1) is 11.9 Å². The molecule has 0 saturated heterocycles. The molecule has 12 rings (SSSR count). The number of aromatic nitrogens is 9. The molecule has 0 unspecified atom stereocenters. The first-order chi connectivity index (χ1) is 34.3. The number of benzene rings is 3. The molecule has 3 amide bonds. The number of halogens is 2. The van der Waals surface area contributed by atoms with Gasteiger partial charge in [0.15, 0.2) is 0 Å². The van der Waals surface area contributed by atoms with Crippen LogP contribution in [0.2, 0.25) is 0 Å². The highest BCUT2D eigenvalue weighted by atomic mass is 19.1. The van der Waals surface area contributed by atoms with Crippen molar-refractivity contribution in [1.82, 2.24) is 60.8 Å². The average molecular weight is 973 g/mol. The lowest BCUT2D eigenvalue weighted by atomic mass is 10.1. The number of H-pyrrole nitrogens is 3. The highest BCUT2D eigenvalue weighted by Crippen LogP contribution is 2.32. The summed E-state index contributed by atoms with van der Waals surface area (Å²) in [4.78, 5) is 70.8. The van der Waals surface area contributed by atoms with Gasteiger partial charge in [0.05, 0.1) is 51.8 Å². The molecule has 368 valence electrons. The fraction of sp³-hybridized carbons (Fsp3) is 0.264. The molecule has 6 aromatic heterocycles. The zero-order chi connectivity index (χ0) is 50.9. The van der Waals surface area contributed by atoms with E-state index in [0.717, 1.165) is 105 Å². The Balaban J connectivity index is 0.000000128. The molecule has 0 saturated carbocycles. The lowest BCUT2D eigenvalue weighted by Crippen LogP contribution is -2.31.